The van der Waals surface area contributed by atoms with Gasteiger partial charge in [-0.2, -0.15) is 0 Å². The van der Waals surface area contributed by atoms with E-state index in [-0.39, 0.29) is 11.8 Å². The van der Waals surface area contributed by atoms with Gasteiger partial charge in [0, 0.05) is 5.69 Å². The van der Waals surface area contributed by atoms with E-state index in [1.165, 1.54) is 12.1 Å². The summed E-state index contributed by atoms with van der Waals surface area (Å²) in [6, 6.07) is 12.9. The normalized spacial score (nSPS) is 11.8. The van der Waals surface area contributed by atoms with Crippen molar-refractivity contribution in [1.82, 2.24) is 0 Å². The van der Waals surface area contributed by atoms with E-state index in [9.17, 15) is 9.18 Å². The van der Waals surface area contributed by atoms with E-state index in [1.54, 1.807) is 19.1 Å². The van der Waals surface area contributed by atoms with Crippen LogP contribution in [0, 0.1) is 12.7 Å². The van der Waals surface area contributed by atoms with Crippen molar-refractivity contribution in [3.8, 4) is 0 Å². The molecule has 0 amide bonds. The van der Waals surface area contributed by atoms with E-state index in [0.29, 0.717) is 12.3 Å². The Balaban J connectivity index is 2.25. The highest BCUT2D eigenvalue weighted by Crippen LogP contribution is 2.22. The third kappa shape index (κ3) is 4.05. The number of ether oxygens (including phenoxy) is 1. The Morgan fingerprint density at radius 2 is 1.76 bits per heavy atom. The first kappa shape index (κ1) is 15.0. The van der Waals surface area contributed by atoms with Crippen LogP contribution in [-0.4, -0.2) is 12.6 Å². The van der Waals surface area contributed by atoms with Gasteiger partial charge in [0.15, 0.2) is 6.04 Å². The van der Waals surface area contributed by atoms with Crippen molar-refractivity contribution in [3.05, 3.63) is 65.5 Å². The molecule has 0 aliphatic heterocycles. The molecule has 1 N–H and O–H groups in total. The van der Waals surface area contributed by atoms with Crippen LogP contribution >= 0.6 is 0 Å². The summed E-state index contributed by atoms with van der Waals surface area (Å²) in [5, 5.41) is 3.09. The predicted molar refractivity (Wildman–Crippen MR) is 80.6 cm³/mol. The van der Waals surface area contributed by atoms with Gasteiger partial charge in [0.1, 0.15) is 5.82 Å². The molecule has 0 saturated carbocycles. The number of halogens is 1. The number of benzene rings is 2. The molecule has 0 aliphatic carbocycles. The van der Waals surface area contributed by atoms with Crippen LogP contribution in [0.15, 0.2) is 48.5 Å². The van der Waals surface area contributed by atoms with Gasteiger partial charge in [-0.3, -0.25) is 0 Å². The molecule has 0 bridgehead atoms. The molecule has 1 atom stereocenters. The second kappa shape index (κ2) is 6.88. The molecule has 1 unspecified atom stereocenters. The van der Waals surface area contributed by atoms with Crippen LogP contribution < -0.4 is 5.32 Å². The second-order valence-electron chi connectivity index (χ2n) is 4.75. The van der Waals surface area contributed by atoms with Gasteiger partial charge < -0.3 is 10.1 Å². The molecule has 21 heavy (non-hydrogen) atoms. The van der Waals surface area contributed by atoms with E-state index >= 15 is 0 Å². The van der Waals surface area contributed by atoms with Gasteiger partial charge in [0.25, 0.3) is 0 Å². The zero-order chi connectivity index (χ0) is 15.2. The third-order valence-electron chi connectivity index (χ3n) is 3.09. The maximum Gasteiger partial charge on any atom is 0.333 e. The Bertz CT molecular complexity index is 593. The number of carbonyl (C=O) groups excluding carboxylic acids is 1. The molecule has 4 heteroatoms. The number of carbonyl (C=O) groups is 1. The zero-order valence-electron chi connectivity index (χ0n) is 12.1. The van der Waals surface area contributed by atoms with Crippen molar-refractivity contribution in [2.24, 2.45) is 0 Å². The maximum atomic E-state index is 13.0. The van der Waals surface area contributed by atoms with Gasteiger partial charge in [-0.05, 0) is 43.7 Å². The minimum atomic E-state index is -0.615. The van der Waals surface area contributed by atoms with Gasteiger partial charge in [-0.15, -0.1) is 0 Å². The summed E-state index contributed by atoms with van der Waals surface area (Å²) < 4.78 is 18.1. The van der Waals surface area contributed by atoms with Gasteiger partial charge in [-0.1, -0.05) is 29.8 Å². The Morgan fingerprint density at radius 3 is 2.33 bits per heavy atom. The first-order chi connectivity index (χ1) is 10.1. The first-order valence-electron chi connectivity index (χ1n) is 6.85. The van der Waals surface area contributed by atoms with Crippen molar-refractivity contribution >= 4 is 11.7 Å². The average Bonchev–Trinajstić information content (AvgIpc) is 2.48. The molecule has 0 aliphatic rings. The van der Waals surface area contributed by atoms with Gasteiger partial charge in [-0.25, -0.2) is 9.18 Å². The number of hydrogen-bond acceptors (Lipinski definition) is 3. The molecule has 2 aromatic carbocycles. The number of anilines is 1. The number of nitrogens with one attached hydrogen (secondary N) is 1. The highest BCUT2D eigenvalue weighted by Gasteiger charge is 2.21. The highest BCUT2D eigenvalue weighted by molar-refractivity contribution is 5.81. The lowest BCUT2D eigenvalue weighted by Gasteiger charge is -2.19. The predicted octanol–water partition coefficient (Wildman–Crippen LogP) is 3.85. The Labute approximate surface area is 123 Å². The summed E-state index contributed by atoms with van der Waals surface area (Å²) in [4.78, 5) is 12.1. The molecule has 0 fully saturated rings. The molecule has 0 saturated heterocycles. The zero-order valence-corrected chi connectivity index (χ0v) is 12.1. The lowest BCUT2D eigenvalue weighted by atomic mass is 10.0. The summed E-state index contributed by atoms with van der Waals surface area (Å²) >= 11 is 0. The third-order valence-corrected chi connectivity index (χ3v) is 3.09. The summed E-state index contributed by atoms with van der Waals surface area (Å²) in [6.45, 7) is 4.06. The van der Waals surface area contributed by atoms with Gasteiger partial charge in [0.05, 0.1) is 6.61 Å². The molecular formula is C17H18FNO2. The van der Waals surface area contributed by atoms with E-state index < -0.39 is 6.04 Å². The SMILES string of the molecule is CCOC(=O)C(Nc1ccc(F)cc1)c1ccc(C)cc1. The minimum Gasteiger partial charge on any atom is -0.464 e. The summed E-state index contributed by atoms with van der Waals surface area (Å²) in [5.41, 5.74) is 2.58. The summed E-state index contributed by atoms with van der Waals surface area (Å²) in [6.07, 6.45) is 0. The van der Waals surface area contributed by atoms with Crippen LogP contribution in [0.4, 0.5) is 10.1 Å². The maximum absolute atomic E-state index is 13.0. The number of aryl methyl sites for hydroxylation is 1. The molecule has 110 valence electrons. The van der Waals surface area contributed by atoms with Crippen molar-refractivity contribution < 1.29 is 13.9 Å². The van der Waals surface area contributed by atoms with Crippen molar-refractivity contribution in [2.75, 3.05) is 11.9 Å². The summed E-state index contributed by atoms with van der Waals surface area (Å²) in [7, 11) is 0. The van der Waals surface area contributed by atoms with Crippen LogP contribution in [0.1, 0.15) is 24.1 Å². The first-order valence-corrected chi connectivity index (χ1v) is 6.85. The number of esters is 1. The Kier molecular flexibility index (Phi) is 4.93. The molecular weight excluding hydrogens is 269 g/mol. The minimum absolute atomic E-state index is 0.312. The van der Waals surface area contributed by atoms with E-state index in [4.69, 9.17) is 4.74 Å². The topological polar surface area (TPSA) is 38.3 Å². The highest BCUT2D eigenvalue weighted by atomic mass is 19.1. The van der Waals surface area contributed by atoms with Crippen LogP contribution in [0.5, 0.6) is 0 Å². The monoisotopic (exact) mass is 287 g/mol. The van der Waals surface area contributed by atoms with Gasteiger partial charge in [0.2, 0.25) is 0 Å². The van der Waals surface area contributed by atoms with Crippen molar-refractivity contribution in [3.63, 3.8) is 0 Å². The van der Waals surface area contributed by atoms with Crippen LogP contribution in [0.3, 0.4) is 0 Å². The van der Waals surface area contributed by atoms with E-state index in [1.807, 2.05) is 31.2 Å². The van der Waals surface area contributed by atoms with E-state index in [0.717, 1.165) is 11.1 Å². The second-order valence-corrected chi connectivity index (χ2v) is 4.75. The van der Waals surface area contributed by atoms with Crippen LogP contribution in [0.2, 0.25) is 0 Å². The molecule has 0 spiro atoms. The largest absolute Gasteiger partial charge is 0.464 e. The van der Waals surface area contributed by atoms with Crippen molar-refractivity contribution in [1.29, 1.82) is 0 Å². The molecule has 0 aromatic heterocycles. The summed E-state index contributed by atoms with van der Waals surface area (Å²) in [5.74, 6) is -0.672. The van der Waals surface area contributed by atoms with E-state index in [2.05, 4.69) is 5.32 Å². The fourth-order valence-electron chi connectivity index (χ4n) is 1.98. The average molecular weight is 287 g/mol. The van der Waals surface area contributed by atoms with Crippen molar-refractivity contribution in [2.45, 2.75) is 19.9 Å². The molecule has 0 heterocycles. The fourth-order valence-corrected chi connectivity index (χ4v) is 1.98. The quantitative estimate of drug-likeness (QED) is 0.849. The lowest BCUT2D eigenvalue weighted by molar-refractivity contribution is -0.144. The van der Waals surface area contributed by atoms with Crippen LogP contribution in [-0.2, 0) is 9.53 Å². The van der Waals surface area contributed by atoms with Crippen LogP contribution in [0.25, 0.3) is 0 Å². The Morgan fingerprint density at radius 1 is 1.14 bits per heavy atom. The smallest absolute Gasteiger partial charge is 0.333 e. The number of rotatable bonds is 5. The molecule has 3 nitrogen and oxygen atoms in total. The molecule has 2 rings (SSSR count). The van der Waals surface area contributed by atoms with Gasteiger partial charge >= 0.3 is 5.97 Å². The molecule has 2 aromatic rings. The molecule has 0 radical (unpaired) electrons. The fraction of sp³-hybridized carbons (Fsp3) is 0.235. The Hall–Kier alpha value is -2.36. The standard InChI is InChI=1S/C17H18FNO2/c1-3-21-17(20)16(13-6-4-12(2)5-7-13)19-15-10-8-14(18)9-11-15/h4-11,16,19H,3H2,1-2H3. The lowest BCUT2D eigenvalue weighted by Crippen LogP contribution is -2.23. The number of hydrogen-bond donors (Lipinski definition) is 1.